The van der Waals surface area contributed by atoms with Gasteiger partial charge in [-0.2, -0.15) is 0 Å². The van der Waals surface area contributed by atoms with Crippen LogP contribution in [-0.2, 0) is 6.54 Å². The molecule has 0 unspecified atom stereocenters. The number of aromatic amines is 1. The number of nitrogens with zero attached hydrogens (tertiary/aromatic N) is 3. The zero-order valence-corrected chi connectivity index (χ0v) is 11.0. The monoisotopic (exact) mass is 270 g/mol. The molecule has 0 fully saturated rings. The molecule has 6 heteroatoms. The van der Waals surface area contributed by atoms with Crippen LogP contribution in [0, 0.1) is 0 Å². The van der Waals surface area contributed by atoms with E-state index >= 15 is 0 Å². The Kier molecular flexibility index (Phi) is 2.98. The average Bonchev–Trinajstić information content (AvgIpc) is 2.80. The van der Waals surface area contributed by atoms with E-state index in [1.54, 1.807) is 24.3 Å². The number of hydrogen-bond donors (Lipinski definition) is 2. The highest BCUT2D eigenvalue weighted by molar-refractivity contribution is 5.76. The van der Waals surface area contributed by atoms with Gasteiger partial charge in [-0.05, 0) is 30.7 Å². The molecule has 0 spiro atoms. The van der Waals surface area contributed by atoms with Crippen molar-refractivity contribution < 1.29 is 5.11 Å². The predicted molar refractivity (Wildman–Crippen MR) is 75.5 cm³/mol. The van der Waals surface area contributed by atoms with Gasteiger partial charge in [-0.1, -0.05) is 6.92 Å². The second-order valence-electron chi connectivity index (χ2n) is 4.54. The Hall–Kier alpha value is -2.63. The minimum atomic E-state index is -0.194. The van der Waals surface area contributed by atoms with Crippen LogP contribution in [0.4, 0.5) is 0 Å². The molecule has 0 radical (unpaired) electrons. The third-order valence-electron chi connectivity index (χ3n) is 3.12. The highest BCUT2D eigenvalue weighted by atomic mass is 16.3. The van der Waals surface area contributed by atoms with Gasteiger partial charge in [0, 0.05) is 12.1 Å². The Balaban J connectivity index is 2.29. The molecule has 3 rings (SSSR count). The number of phenols is 1. The molecule has 3 aromatic rings. The molecule has 0 saturated carbocycles. The summed E-state index contributed by atoms with van der Waals surface area (Å²) in [6, 6.07) is 6.75. The number of H-pyrrole nitrogens is 1. The van der Waals surface area contributed by atoms with Gasteiger partial charge in [0.2, 0.25) is 0 Å². The number of benzene rings is 1. The maximum Gasteiger partial charge on any atom is 0.276 e. The number of aryl methyl sites for hydroxylation is 1. The summed E-state index contributed by atoms with van der Waals surface area (Å²) in [4.78, 5) is 23.1. The minimum Gasteiger partial charge on any atom is -0.508 e. The topological polar surface area (TPSA) is 83.8 Å². The SMILES string of the molecule is CCCn1c(-c2ccc(O)cc2)nc2nc[nH]c(=O)c21. The third-order valence-corrected chi connectivity index (χ3v) is 3.12. The van der Waals surface area contributed by atoms with Gasteiger partial charge in [0.1, 0.15) is 11.6 Å². The third kappa shape index (κ3) is 1.95. The van der Waals surface area contributed by atoms with Crippen molar-refractivity contribution in [1.29, 1.82) is 0 Å². The molecule has 20 heavy (non-hydrogen) atoms. The predicted octanol–water partition coefficient (Wildman–Crippen LogP) is 1.90. The summed E-state index contributed by atoms with van der Waals surface area (Å²) in [6.45, 7) is 2.72. The number of phenolic OH excluding ortho intramolecular Hbond substituents is 1. The van der Waals surface area contributed by atoms with Crippen LogP contribution in [0.25, 0.3) is 22.6 Å². The Bertz CT molecular complexity index is 802. The first-order valence-electron chi connectivity index (χ1n) is 6.44. The molecular formula is C14H14N4O2. The fraction of sp³-hybridized carbons (Fsp3) is 0.214. The fourth-order valence-corrected chi connectivity index (χ4v) is 2.25. The summed E-state index contributed by atoms with van der Waals surface area (Å²) in [6.07, 6.45) is 2.24. The summed E-state index contributed by atoms with van der Waals surface area (Å²) in [5, 5.41) is 9.37. The molecule has 0 aliphatic rings. The Morgan fingerprint density at radius 2 is 2.05 bits per heavy atom. The molecule has 6 nitrogen and oxygen atoms in total. The zero-order valence-electron chi connectivity index (χ0n) is 11.0. The van der Waals surface area contributed by atoms with Crippen LogP contribution in [0.3, 0.4) is 0 Å². The molecule has 2 N–H and O–H groups in total. The maximum absolute atomic E-state index is 12.0. The Morgan fingerprint density at radius 3 is 2.75 bits per heavy atom. The van der Waals surface area contributed by atoms with Crippen molar-refractivity contribution in [2.75, 3.05) is 0 Å². The maximum atomic E-state index is 12.0. The van der Waals surface area contributed by atoms with Crippen LogP contribution in [0.1, 0.15) is 13.3 Å². The number of imidazole rings is 1. The largest absolute Gasteiger partial charge is 0.508 e. The summed E-state index contributed by atoms with van der Waals surface area (Å²) in [5.74, 6) is 0.883. The molecule has 2 aromatic heterocycles. The smallest absolute Gasteiger partial charge is 0.276 e. The van der Waals surface area contributed by atoms with Crippen LogP contribution in [0.2, 0.25) is 0 Å². The van der Waals surface area contributed by atoms with Crippen LogP contribution in [0.5, 0.6) is 5.75 Å². The van der Waals surface area contributed by atoms with Crippen molar-refractivity contribution in [3.05, 3.63) is 40.9 Å². The molecule has 0 aliphatic heterocycles. The van der Waals surface area contributed by atoms with Gasteiger partial charge in [0.25, 0.3) is 5.56 Å². The lowest BCUT2D eigenvalue weighted by Crippen LogP contribution is -2.11. The minimum absolute atomic E-state index is 0.194. The molecule has 0 atom stereocenters. The van der Waals surface area contributed by atoms with Crippen molar-refractivity contribution in [2.45, 2.75) is 19.9 Å². The summed E-state index contributed by atoms with van der Waals surface area (Å²) in [5.41, 5.74) is 1.57. The number of fused-ring (bicyclic) bond motifs is 1. The molecule has 102 valence electrons. The van der Waals surface area contributed by atoms with Gasteiger partial charge in [0.15, 0.2) is 11.2 Å². The number of nitrogens with one attached hydrogen (secondary N) is 1. The van der Waals surface area contributed by atoms with Gasteiger partial charge < -0.3 is 14.7 Å². The van der Waals surface area contributed by atoms with Crippen molar-refractivity contribution in [2.24, 2.45) is 0 Å². The average molecular weight is 270 g/mol. The van der Waals surface area contributed by atoms with Crippen molar-refractivity contribution in [1.82, 2.24) is 19.5 Å². The molecule has 0 amide bonds. The number of hydrogen-bond acceptors (Lipinski definition) is 4. The molecule has 1 aromatic carbocycles. The van der Waals surface area contributed by atoms with Gasteiger partial charge in [-0.25, -0.2) is 9.97 Å². The normalized spacial score (nSPS) is 11.1. The van der Waals surface area contributed by atoms with Gasteiger partial charge in [0.05, 0.1) is 6.33 Å². The molecule has 2 heterocycles. The highest BCUT2D eigenvalue weighted by Crippen LogP contribution is 2.24. The molecule has 0 saturated heterocycles. The van der Waals surface area contributed by atoms with Crippen molar-refractivity contribution in [3.8, 4) is 17.1 Å². The second kappa shape index (κ2) is 4.80. The highest BCUT2D eigenvalue weighted by Gasteiger charge is 2.15. The first-order chi connectivity index (χ1) is 9.70. The van der Waals surface area contributed by atoms with E-state index in [0.29, 0.717) is 23.5 Å². The summed E-state index contributed by atoms with van der Waals surface area (Å²) in [7, 11) is 0. The Morgan fingerprint density at radius 1 is 1.30 bits per heavy atom. The molecule has 0 aliphatic carbocycles. The van der Waals surface area contributed by atoms with Gasteiger partial charge in [-0.15, -0.1) is 0 Å². The van der Waals surface area contributed by atoms with E-state index in [4.69, 9.17) is 0 Å². The Labute approximate surface area is 114 Å². The van der Waals surface area contributed by atoms with Crippen LogP contribution < -0.4 is 5.56 Å². The number of aromatic hydroxyl groups is 1. The van der Waals surface area contributed by atoms with Gasteiger partial charge >= 0.3 is 0 Å². The van der Waals surface area contributed by atoms with E-state index in [9.17, 15) is 9.90 Å². The summed E-state index contributed by atoms with van der Waals surface area (Å²) < 4.78 is 1.87. The quantitative estimate of drug-likeness (QED) is 0.761. The fourth-order valence-electron chi connectivity index (χ4n) is 2.25. The second-order valence-corrected chi connectivity index (χ2v) is 4.54. The number of rotatable bonds is 3. The van der Waals surface area contributed by atoms with Crippen LogP contribution in [-0.4, -0.2) is 24.6 Å². The lowest BCUT2D eigenvalue weighted by Gasteiger charge is -2.07. The number of aromatic nitrogens is 4. The standard InChI is InChI=1S/C14H14N4O2/c1-2-7-18-11-12(15-8-16-14(11)20)17-13(18)9-3-5-10(19)6-4-9/h3-6,8,19H,2,7H2,1H3,(H,15,16,20). The van der Waals surface area contributed by atoms with Crippen LogP contribution in [0.15, 0.2) is 35.4 Å². The van der Waals surface area contributed by atoms with E-state index in [1.165, 1.54) is 6.33 Å². The van der Waals surface area contributed by atoms with Crippen molar-refractivity contribution in [3.63, 3.8) is 0 Å². The van der Waals surface area contributed by atoms with E-state index in [0.717, 1.165) is 12.0 Å². The van der Waals surface area contributed by atoms with Gasteiger partial charge in [-0.3, -0.25) is 4.79 Å². The summed E-state index contributed by atoms with van der Waals surface area (Å²) >= 11 is 0. The van der Waals surface area contributed by atoms with E-state index < -0.39 is 0 Å². The molecule has 0 bridgehead atoms. The van der Waals surface area contributed by atoms with Crippen molar-refractivity contribution >= 4 is 11.2 Å². The zero-order chi connectivity index (χ0) is 14.1. The van der Waals surface area contributed by atoms with E-state index in [1.807, 2.05) is 11.5 Å². The lowest BCUT2D eigenvalue weighted by molar-refractivity contribution is 0.475. The first kappa shape index (κ1) is 12.4. The lowest BCUT2D eigenvalue weighted by atomic mass is 10.2. The van der Waals surface area contributed by atoms with E-state index in [2.05, 4.69) is 15.0 Å². The van der Waals surface area contributed by atoms with Crippen LogP contribution >= 0.6 is 0 Å². The van der Waals surface area contributed by atoms with E-state index in [-0.39, 0.29) is 11.3 Å². The molecular weight excluding hydrogens is 256 g/mol. The first-order valence-corrected chi connectivity index (χ1v) is 6.44.